The van der Waals surface area contributed by atoms with Crippen molar-refractivity contribution in [2.24, 2.45) is 0 Å². The number of aromatic amines is 1. The molecule has 8 heteroatoms. The number of H-pyrrole nitrogens is 1. The van der Waals surface area contributed by atoms with Gasteiger partial charge in [0.15, 0.2) is 29.3 Å². The van der Waals surface area contributed by atoms with E-state index in [1.165, 1.54) is 18.3 Å². The fraction of sp³-hybridized carbons (Fsp3) is 0.188. The minimum Gasteiger partial charge on any atom is -0.485 e. The molecular weight excluding hydrogens is 318 g/mol. The number of nitrogens with one attached hydrogen (secondary N) is 1. The van der Waals surface area contributed by atoms with Crippen LogP contribution in [0.1, 0.15) is 24.0 Å². The van der Waals surface area contributed by atoms with Gasteiger partial charge in [-0.1, -0.05) is 12.1 Å². The lowest BCUT2D eigenvalue weighted by atomic mass is 10.2. The van der Waals surface area contributed by atoms with Crippen LogP contribution in [0.15, 0.2) is 42.6 Å². The van der Waals surface area contributed by atoms with E-state index in [0.29, 0.717) is 35.3 Å². The molecular formula is C16H12F2N4O2. The van der Waals surface area contributed by atoms with Crippen LogP contribution in [-0.2, 0) is 0 Å². The van der Waals surface area contributed by atoms with Crippen molar-refractivity contribution in [3.8, 4) is 22.9 Å². The molecule has 0 spiro atoms. The molecule has 1 aliphatic rings. The highest BCUT2D eigenvalue weighted by atomic mass is 19.3. The second-order valence-corrected chi connectivity index (χ2v) is 5.18. The van der Waals surface area contributed by atoms with Crippen LogP contribution >= 0.6 is 0 Å². The standard InChI is InChI=1S/C16H12F2N4O2/c17-14(18)10-6-5-9(7-19-10)15-20-16(22-21-15)13-8-23-11-3-1-2-4-12(11)24-13/h1-7,13-14H,8H2,(H,20,21,22). The molecule has 6 nitrogen and oxygen atoms in total. The minimum absolute atomic E-state index is 0.282. The average Bonchev–Trinajstić information content (AvgIpc) is 3.11. The lowest BCUT2D eigenvalue weighted by molar-refractivity contribution is 0.0853. The molecule has 0 saturated heterocycles. The highest BCUT2D eigenvalue weighted by Crippen LogP contribution is 2.35. The van der Waals surface area contributed by atoms with Crippen molar-refractivity contribution < 1.29 is 18.3 Å². The number of ether oxygens (including phenoxy) is 2. The van der Waals surface area contributed by atoms with Gasteiger partial charge >= 0.3 is 0 Å². The average molecular weight is 330 g/mol. The van der Waals surface area contributed by atoms with E-state index in [9.17, 15) is 8.78 Å². The molecule has 0 aliphatic carbocycles. The van der Waals surface area contributed by atoms with E-state index in [1.807, 2.05) is 24.3 Å². The second kappa shape index (κ2) is 5.88. The molecule has 3 heterocycles. The van der Waals surface area contributed by atoms with E-state index in [1.54, 1.807) is 0 Å². The van der Waals surface area contributed by atoms with Crippen LogP contribution in [0.25, 0.3) is 11.4 Å². The Kier molecular flexibility index (Phi) is 3.56. The molecule has 122 valence electrons. The van der Waals surface area contributed by atoms with Crippen LogP contribution in [0, 0.1) is 0 Å². The summed E-state index contributed by atoms with van der Waals surface area (Å²) in [5.41, 5.74) is 0.258. The van der Waals surface area contributed by atoms with Gasteiger partial charge in [0.05, 0.1) is 0 Å². The highest BCUT2D eigenvalue weighted by Gasteiger charge is 2.25. The van der Waals surface area contributed by atoms with Crippen molar-refractivity contribution in [3.63, 3.8) is 0 Å². The Morgan fingerprint density at radius 3 is 2.71 bits per heavy atom. The van der Waals surface area contributed by atoms with Gasteiger partial charge in [0, 0.05) is 11.8 Å². The molecule has 24 heavy (non-hydrogen) atoms. The van der Waals surface area contributed by atoms with E-state index in [2.05, 4.69) is 20.2 Å². The van der Waals surface area contributed by atoms with Gasteiger partial charge in [-0.15, -0.1) is 0 Å². The number of pyridine rings is 1. The van der Waals surface area contributed by atoms with E-state index < -0.39 is 12.5 Å². The number of halogens is 2. The number of hydrogen-bond acceptors (Lipinski definition) is 5. The van der Waals surface area contributed by atoms with Crippen LogP contribution in [0.2, 0.25) is 0 Å². The van der Waals surface area contributed by atoms with E-state index in [-0.39, 0.29) is 5.69 Å². The van der Waals surface area contributed by atoms with Crippen molar-refractivity contribution in [2.45, 2.75) is 12.5 Å². The monoisotopic (exact) mass is 330 g/mol. The maximum atomic E-state index is 12.5. The van der Waals surface area contributed by atoms with Crippen LogP contribution in [0.4, 0.5) is 8.78 Å². The lowest BCUT2D eigenvalue weighted by Gasteiger charge is -2.24. The van der Waals surface area contributed by atoms with Crippen molar-refractivity contribution in [1.82, 2.24) is 20.2 Å². The number of para-hydroxylation sites is 2. The fourth-order valence-electron chi connectivity index (χ4n) is 2.37. The Morgan fingerprint density at radius 2 is 1.96 bits per heavy atom. The van der Waals surface area contributed by atoms with Crippen LogP contribution in [0.3, 0.4) is 0 Å². The molecule has 1 atom stereocenters. The second-order valence-electron chi connectivity index (χ2n) is 5.18. The van der Waals surface area contributed by atoms with Crippen LogP contribution < -0.4 is 9.47 Å². The molecule has 0 fully saturated rings. The predicted molar refractivity (Wildman–Crippen MR) is 79.9 cm³/mol. The van der Waals surface area contributed by atoms with Gasteiger partial charge in [-0.2, -0.15) is 5.10 Å². The van der Waals surface area contributed by atoms with Crippen molar-refractivity contribution in [2.75, 3.05) is 6.61 Å². The first-order valence-corrected chi connectivity index (χ1v) is 7.26. The van der Waals surface area contributed by atoms with E-state index in [4.69, 9.17) is 9.47 Å². The van der Waals surface area contributed by atoms with Gasteiger partial charge < -0.3 is 9.47 Å². The van der Waals surface area contributed by atoms with Gasteiger partial charge in [-0.3, -0.25) is 10.1 Å². The topological polar surface area (TPSA) is 72.9 Å². The third-order valence-electron chi connectivity index (χ3n) is 3.58. The summed E-state index contributed by atoms with van der Waals surface area (Å²) >= 11 is 0. The zero-order valence-corrected chi connectivity index (χ0v) is 12.3. The Labute approximate surface area is 135 Å². The molecule has 0 bridgehead atoms. The van der Waals surface area contributed by atoms with Gasteiger partial charge in [-0.05, 0) is 24.3 Å². The largest absolute Gasteiger partial charge is 0.485 e. The van der Waals surface area contributed by atoms with E-state index in [0.717, 1.165) is 0 Å². The Balaban J connectivity index is 1.55. The molecule has 0 radical (unpaired) electrons. The van der Waals surface area contributed by atoms with E-state index >= 15 is 0 Å². The predicted octanol–water partition coefficient (Wildman–Crippen LogP) is 3.32. The van der Waals surface area contributed by atoms with Gasteiger partial charge in [0.2, 0.25) is 0 Å². The SMILES string of the molecule is FC(F)c1ccc(-c2n[nH]c(C3COc4ccccc4O3)n2)cn1. The molecule has 0 amide bonds. The minimum atomic E-state index is -2.60. The summed E-state index contributed by atoms with van der Waals surface area (Å²) in [7, 11) is 0. The Bertz CT molecular complexity index is 851. The summed E-state index contributed by atoms with van der Waals surface area (Å²) in [5, 5.41) is 6.89. The fourth-order valence-corrected chi connectivity index (χ4v) is 2.37. The Hall–Kier alpha value is -3.03. The summed E-state index contributed by atoms with van der Waals surface area (Å²) in [6.07, 6.45) is -1.70. The summed E-state index contributed by atoms with van der Waals surface area (Å²) in [5.74, 6) is 2.17. The highest BCUT2D eigenvalue weighted by molar-refractivity contribution is 5.53. The van der Waals surface area contributed by atoms with Crippen molar-refractivity contribution in [3.05, 3.63) is 54.1 Å². The molecule has 0 saturated carbocycles. The van der Waals surface area contributed by atoms with Crippen molar-refractivity contribution in [1.29, 1.82) is 0 Å². The Morgan fingerprint density at radius 1 is 1.12 bits per heavy atom. The van der Waals surface area contributed by atoms with Crippen LogP contribution in [0.5, 0.6) is 11.5 Å². The van der Waals surface area contributed by atoms with Gasteiger partial charge in [0.1, 0.15) is 12.3 Å². The number of fused-ring (bicyclic) bond motifs is 1. The zero-order chi connectivity index (χ0) is 16.5. The lowest BCUT2D eigenvalue weighted by Crippen LogP contribution is -2.22. The summed E-state index contributed by atoms with van der Waals surface area (Å²) < 4.78 is 36.6. The first-order chi connectivity index (χ1) is 11.7. The molecule has 1 aromatic carbocycles. The zero-order valence-electron chi connectivity index (χ0n) is 12.3. The number of nitrogens with zero attached hydrogens (tertiary/aromatic N) is 3. The molecule has 4 rings (SSSR count). The third-order valence-corrected chi connectivity index (χ3v) is 3.58. The number of hydrogen-bond donors (Lipinski definition) is 1. The molecule has 2 aromatic heterocycles. The van der Waals surface area contributed by atoms with Gasteiger partial charge in [0.25, 0.3) is 6.43 Å². The molecule has 1 unspecified atom stereocenters. The molecule has 1 N–H and O–H groups in total. The molecule has 1 aliphatic heterocycles. The maximum Gasteiger partial charge on any atom is 0.280 e. The first kappa shape index (κ1) is 14.6. The summed E-state index contributed by atoms with van der Waals surface area (Å²) in [6, 6.07) is 10.1. The first-order valence-electron chi connectivity index (χ1n) is 7.26. The number of rotatable bonds is 3. The number of benzene rings is 1. The summed E-state index contributed by atoms with van der Waals surface area (Å²) in [4.78, 5) is 8.06. The normalized spacial score (nSPS) is 16.4. The third kappa shape index (κ3) is 2.66. The number of alkyl halides is 2. The van der Waals surface area contributed by atoms with Crippen molar-refractivity contribution >= 4 is 0 Å². The molecule has 3 aromatic rings. The van der Waals surface area contributed by atoms with Crippen LogP contribution in [-0.4, -0.2) is 26.8 Å². The van der Waals surface area contributed by atoms with Gasteiger partial charge in [-0.25, -0.2) is 13.8 Å². The number of aromatic nitrogens is 4. The smallest absolute Gasteiger partial charge is 0.280 e. The summed E-state index contributed by atoms with van der Waals surface area (Å²) in [6.45, 7) is 0.300. The maximum absolute atomic E-state index is 12.5. The quantitative estimate of drug-likeness (QED) is 0.797.